The summed E-state index contributed by atoms with van der Waals surface area (Å²) in [6, 6.07) is 3.89. The molecule has 2 unspecified atom stereocenters. The number of hydrogen-bond acceptors (Lipinski definition) is 4. The molecule has 128 valence electrons. The van der Waals surface area contributed by atoms with Crippen molar-refractivity contribution in [1.82, 2.24) is 0 Å². The summed E-state index contributed by atoms with van der Waals surface area (Å²) < 4.78 is 62.9. The molecule has 0 saturated carbocycles. The van der Waals surface area contributed by atoms with Crippen LogP contribution in [0.3, 0.4) is 0 Å². The van der Waals surface area contributed by atoms with Crippen LogP contribution in [0.15, 0.2) is 18.2 Å². The largest absolute Gasteiger partial charge is 0.490 e. The predicted molar refractivity (Wildman–Crippen MR) is 71.5 cm³/mol. The van der Waals surface area contributed by atoms with Crippen LogP contribution in [-0.2, 0) is 9.53 Å². The molecule has 0 aromatic heterocycles. The van der Waals surface area contributed by atoms with Crippen molar-refractivity contribution in [3.63, 3.8) is 0 Å². The molecular formula is C15H16F4O4. The summed E-state index contributed by atoms with van der Waals surface area (Å²) in [6.07, 6.45) is -6.03. The van der Waals surface area contributed by atoms with Crippen LogP contribution in [0, 0.1) is 5.82 Å². The minimum atomic E-state index is -5.20. The average molecular weight is 336 g/mol. The van der Waals surface area contributed by atoms with Crippen LogP contribution in [0.2, 0.25) is 0 Å². The first kappa shape index (κ1) is 17.5. The highest BCUT2D eigenvalue weighted by atomic mass is 19.4. The third-order valence-electron chi connectivity index (χ3n) is 3.77. The Labute approximate surface area is 130 Å². The van der Waals surface area contributed by atoms with Crippen LogP contribution < -0.4 is 4.74 Å². The van der Waals surface area contributed by atoms with Gasteiger partial charge in [0.15, 0.2) is 11.6 Å². The smallest absolute Gasteiger partial charge is 0.428 e. The maximum atomic E-state index is 13.7. The Kier molecular flexibility index (Phi) is 4.84. The number of para-hydroxylation sites is 1. The molecule has 23 heavy (non-hydrogen) atoms. The van der Waals surface area contributed by atoms with Gasteiger partial charge in [-0.05, 0) is 25.3 Å². The number of benzene rings is 1. The van der Waals surface area contributed by atoms with Gasteiger partial charge in [0.2, 0.25) is 0 Å². The Morgan fingerprint density at radius 2 is 2.13 bits per heavy atom. The molecule has 8 heteroatoms. The van der Waals surface area contributed by atoms with E-state index < -0.39 is 35.9 Å². The van der Waals surface area contributed by atoms with Gasteiger partial charge in [-0.3, -0.25) is 0 Å². The van der Waals surface area contributed by atoms with Crippen molar-refractivity contribution >= 4 is 5.97 Å². The Morgan fingerprint density at radius 1 is 1.43 bits per heavy atom. The van der Waals surface area contributed by atoms with Crippen LogP contribution in [0.4, 0.5) is 17.6 Å². The number of fused-ring (bicyclic) bond motifs is 1. The van der Waals surface area contributed by atoms with Crippen molar-refractivity contribution in [2.24, 2.45) is 0 Å². The second kappa shape index (κ2) is 6.35. The lowest BCUT2D eigenvalue weighted by Gasteiger charge is -2.34. The molecule has 1 aromatic rings. The van der Waals surface area contributed by atoms with Gasteiger partial charge in [-0.1, -0.05) is 12.1 Å². The van der Waals surface area contributed by atoms with E-state index >= 15 is 0 Å². The normalized spacial score (nSPS) is 20.2. The van der Waals surface area contributed by atoms with E-state index in [0.717, 1.165) is 6.07 Å². The van der Waals surface area contributed by atoms with Crippen molar-refractivity contribution in [3.8, 4) is 5.75 Å². The Hall–Kier alpha value is -1.83. The molecular weight excluding hydrogens is 320 g/mol. The number of carbonyl (C=O) groups is 1. The van der Waals surface area contributed by atoms with E-state index in [2.05, 4.69) is 4.74 Å². The molecule has 1 aliphatic rings. The van der Waals surface area contributed by atoms with Gasteiger partial charge in [-0.25, -0.2) is 9.18 Å². The van der Waals surface area contributed by atoms with Gasteiger partial charge in [-0.15, -0.1) is 0 Å². The molecule has 0 fully saturated rings. The van der Waals surface area contributed by atoms with Crippen LogP contribution >= 0.6 is 0 Å². The predicted octanol–water partition coefficient (Wildman–Crippen LogP) is 2.94. The zero-order valence-corrected chi connectivity index (χ0v) is 12.3. The Morgan fingerprint density at radius 3 is 2.74 bits per heavy atom. The Bertz CT molecular complexity index is 587. The highest BCUT2D eigenvalue weighted by molar-refractivity contribution is 5.80. The number of halogens is 4. The second-order valence-corrected chi connectivity index (χ2v) is 5.27. The second-order valence-electron chi connectivity index (χ2n) is 5.27. The fraction of sp³-hybridized carbons (Fsp3) is 0.533. The quantitative estimate of drug-likeness (QED) is 0.678. The molecule has 1 heterocycles. The molecule has 2 atom stereocenters. The molecule has 4 nitrogen and oxygen atoms in total. The molecule has 1 aromatic carbocycles. The number of aliphatic hydroxyl groups is 1. The van der Waals surface area contributed by atoms with Gasteiger partial charge in [0.05, 0.1) is 13.2 Å². The number of hydrogen-bond donors (Lipinski definition) is 1. The first-order chi connectivity index (χ1) is 10.7. The van der Waals surface area contributed by atoms with E-state index in [1.165, 1.54) is 19.1 Å². The Balaban J connectivity index is 2.36. The standard InChI is InChI=1S/C15H16F4O4/c1-2-22-13(20)14(21,15(17,18)19)8-9-6-7-23-12-10(9)4-3-5-11(12)16/h3-5,9,21H,2,6-8H2,1H3. The van der Waals surface area contributed by atoms with E-state index in [4.69, 9.17) is 4.74 Å². The monoisotopic (exact) mass is 336 g/mol. The number of carbonyl (C=O) groups excluding carboxylic acids is 1. The molecule has 0 saturated heterocycles. The molecule has 0 spiro atoms. The van der Waals surface area contributed by atoms with Gasteiger partial charge < -0.3 is 14.6 Å². The van der Waals surface area contributed by atoms with E-state index in [1.54, 1.807) is 0 Å². The minimum Gasteiger partial charge on any atom is -0.490 e. The summed E-state index contributed by atoms with van der Waals surface area (Å²) >= 11 is 0. The highest BCUT2D eigenvalue weighted by Crippen LogP contribution is 2.44. The van der Waals surface area contributed by atoms with Gasteiger partial charge in [0.1, 0.15) is 0 Å². The maximum Gasteiger partial charge on any atom is 0.428 e. The molecule has 2 rings (SSSR count). The topological polar surface area (TPSA) is 55.8 Å². The average Bonchev–Trinajstić information content (AvgIpc) is 2.47. The van der Waals surface area contributed by atoms with Crippen molar-refractivity contribution in [1.29, 1.82) is 0 Å². The highest BCUT2D eigenvalue weighted by Gasteiger charge is 2.61. The van der Waals surface area contributed by atoms with Gasteiger partial charge in [0, 0.05) is 12.0 Å². The summed E-state index contributed by atoms with van der Waals surface area (Å²) in [7, 11) is 0. The SMILES string of the molecule is CCOC(=O)C(O)(CC1CCOc2c(F)cccc21)C(F)(F)F. The zero-order valence-electron chi connectivity index (χ0n) is 12.3. The summed E-state index contributed by atoms with van der Waals surface area (Å²) in [4.78, 5) is 11.7. The van der Waals surface area contributed by atoms with E-state index in [0.29, 0.717) is 0 Å². The van der Waals surface area contributed by atoms with Crippen LogP contribution in [-0.4, -0.2) is 36.1 Å². The summed E-state index contributed by atoms with van der Waals surface area (Å²) in [5.41, 5.74) is -3.45. The minimum absolute atomic E-state index is 0.00460. The van der Waals surface area contributed by atoms with E-state index in [-0.39, 0.29) is 30.9 Å². The summed E-state index contributed by atoms with van der Waals surface area (Å²) in [5.74, 6) is -3.47. The lowest BCUT2D eigenvalue weighted by atomic mass is 9.82. The van der Waals surface area contributed by atoms with E-state index in [9.17, 15) is 27.5 Å². The number of esters is 1. The molecule has 0 radical (unpaired) electrons. The van der Waals surface area contributed by atoms with Crippen molar-refractivity contribution in [2.75, 3.05) is 13.2 Å². The molecule has 0 bridgehead atoms. The zero-order chi connectivity index (χ0) is 17.3. The molecule has 0 aliphatic carbocycles. The summed E-state index contributed by atoms with van der Waals surface area (Å²) in [5, 5.41) is 9.96. The number of rotatable bonds is 4. The van der Waals surface area contributed by atoms with Crippen LogP contribution in [0.5, 0.6) is 5.75 Å². The van der Waals surface area contributed by atoms with E-state index in [1.807, 2.05) is 0 Å². The summed E-state index contributed by atoms with van der Waals surface area (Å²) in [6.45, 7) is 1.04. The van der Waals surface area contributed by atoms with Gasteiger partial charge >= 0.3 is 12.1 Å². The third kappa shape index (κ3) is 3.26. The number of alkyl halides is 3. The molecule has 1 aliphatic heterocycles. The van der Waals surface area contributed by atoms with Gasteiger partial charge in [-0.2, -0.15) is 13.2 Å². The third-order valence-corrected chi connectivity index (χ3v) is 3.77. The van der Waals surface area contributed by atoms with Crippen molar-refractivity contribution in [2.45, 2.75) is 37.5 Å². The first-order valence-corrected chi connectivity index (χ1v) is 7.08. The van der Waals surface area contributed by atoms with Crippen molar-refractivity contribution < 1.29 is 36.9 Å². The van der Waals surface area contributed by atoms with Gasteiger partial charge in [0.25, 0.3) is 5.60 Å². The number of ether oxygens (including phenoxy) is 2. The maximum absolute atomic E-state index is 13.7. The lowest BCUT2D eigenvalue weighted by molar-refractivity contribution is -0.266. The molecule has 0 amide bonds. The lowest BCUT2D eigenvalue weighted by Crippen LogP contribution is -2.54. The molecule has 1 N–H and O–H groups in total. The first-order valence-electron chi connectivity index (χ1n) is 7.08. The van der Waals surface area contributed by atoms with Crippen LogP contribution in [0.25, 0.3) is 0 Å². The fourth-order valence-corrected chi connectivity index (χ4v) is 2.59. The fourth-order valence-electron chi connectivity index (χ4n) is 2.59. The van der Waals surface area contributed by atoms with Crippen molar-refractivity contribution in [3.05, 3.63) is 29.6 Å². The van der Waals surface area contributed by atoms with Crippen LogP contribution in [0.1, 0.15) is 31.2 Å².